The van der Waals surface area contributed by atoms with Crippen molar-refractivity contribution in [3.05, 3.63) is 24.3 Å². The van der Waals surface area contributed by atoms with Crippen molar-refractivity contribution < 1.29 is 28.6 Å². The number of hydrogen-bond acceptors (Lipinski definition) is 6. The predicted octanol–water partition coefficient (Wildman–Crippen LogP) is 20.3. The molecule has 1 unspecified atom stereocenters. The Kier molecular flexibility index (Phi) is 55.7. The molecule has 0 rings (SSSR count). The average molecular weight is 958 g/mol. The average Bonchev–Trinajstić information content (AvgIpc) is 3.34. The van der Waals surface area contributed by atoms with Crippen molar-refractivity contribution in [3.63, 3.8) is 0 Å². The van der Waals surface area contributed by atoms with Gasteiger partial charge in [0, 0.05) is 19.3 Å². The van der Waals surface area contributed by atoms with Crippen LogP contribution in [-0.4, -0.2) is 37.2 Å². The largest absolute Gasteiger partial charge is 0.462 e. The van der Waals surface area contributed by atoms with Gasteiger partial charge in [-0.25, -0.2) is 0 Å². The van der Waals surface area contributed by atoms with Crippen LogP contribution in [0.4, 0.5) is 0 Å². The first-order chi connectivity index (χ1) is 33.5. The summed E-state index contributed by atoms with van der Waals surface area (Å²) in [5, 5.41) is 0. The van der Waals surface area contributed by atoms with Gasteiger partial charge in [0.1, 0.15) is 13.2 Å². The zero-order valence-electron chi connectivity index (χ0n) is 45.9. The van der Waals surface area contributed by atoms with E-state index in [2.05, 4.69) is 45.1 Å². The highest BCUT2D eigenvalue weighted by molar-refractivity contribution is 5.71. The Morgan fingerprint density at radius 1 is 0.294 bits per heavy atom. The van der Waals surface area contributed by atoms with Gasteiger partial charge in [-0.05, 0) is 51.4 Å². The van der Waals surface area contributed by atoms with E-state index in [1.54, 1.807) is 0 Å². The topological polar surface area (TPSA) is 78.9 Å². The van der Waals surface area contributed by atoms with E-state index in [4.69, 9.17) is 14.2 Å². The summed E-state index contributed by atoms with van der Waals surface area (Å²) >= 11 is 0. The Balaban J connectivity index is 4.10. The SMILES string of the molecule is CCCCCC/C=C\C/C=C\CCCCCCCC(=O)OC(COC(=O)CCCCCCCCCC)COC(=O)CCCCCCCCCCCCCCCCCCCCCCCCCCCC. The van der Waals surface area contributed by atoms with Gasteiger partial charge in [0.15, 0.2) is 6.10 Å². The summed E-state index contributed by atoms with van der Waals surface area (Å²) in [6.07, 6.45) is 67.8. The van der Waals surface area contributed by atoms with E-state index in [0.717, 1.165) is 77.0 Å². The van der Waals surface area contributed by atoms with E-state index in [-0.39, 0.29) is 31.1 Å². The summed E-state index contributed by atoms with van der Waals surface area (Å²) in [5.41, 5.74) is 0. The Labute approximate surface area is 423 Å². The standard InChI is InChI=1S/C62H116O6/c1-4-7-10-13-16-19-21-23-25-27-28-29-30-31-32-33-34-35-36-38-39-41-43-46-49-52-55-61(64)67-58-59(57-66-60(63)54-51-48-45-18-15-12-9-6-3)68-62(65)56-53-50-47-44-42-40-37-26-24-22-20-17-14-11-8-5-2/h20,22,26,37,59H,4-19,21,23-25,27-36,38-58H2,1-3H3/b22-20-,37-26-. The van der Waals surface area contributed by atoms with Gasteiger partial charge < -0.3 is 14.2 Å². The Morgan fingerprint density at radius 3 is 0.824 bits per heavy atom. The van der Waals surface area contributed by atoms with Crippen molar-refractivity contribution in [1.82, 2.24) is 0 Å². The fourth-order valence-corrected chi connectivity index (χ4v) is 9.12. The first-order valence-corrected chi connectivity index (χ1v) is 30.3. The number of rotatable bonds is 56. The molecule has 1 atom stereocenters. The Morgan fingerprint density at radius 2 is 0.529 bits per heavy atom. The van der Waals surface area contributed by atoms with Crippen LogP contribution in [0.5, 0.6) is 0 Å². The molecule has 0 amide bonds. The molecule has 0 aliphatic carbocycles. The van der Waals surface area contributed by atoms with E-state index in [1.165, 1.54) is 218 Å². The molecule has 400 valence electrons. The van der Waals surface area contributed by atoms with E-state index in [0.29, 0.717) is 19.3 Å². The molecule has 0 radical (unpaired) electrons. The van der Waals surface area contributed by atoms with Crippen LogP contribution in [-0.2, 0) is 28.6 Å². The molecule has 0 aromatic heterocycles. The van der Waals surface area contributed by atoms with E-state index >= 15 is 0 Å². The van der Waals surface area contributed by atoms with Gasteiger partial charge >= 0.3 is 17.9 Å². The molecule has 0 spiro atoms. The molecule has 0 fully saturated rings. The molecule has 0 aliphatic heterocycles. The van der Waals surface area contributed by atoms with Crippen LogP contribution in [0.1, 0.15) is 335 Å². The minimum atomic E-state index is -0.773. The third-order valence-corrected chi connectivity index (χ3v) is 13.7. The lowest BCUT2D eigenvalue weighted by atomic mass is 10.0. The highest BCUT2D eigenvalue weighted by Crippen LogP contribution is 2.17. The van der Waals surface area contributed by atoms with E-state index < -0.39 is 6.10 Å². The minimum absolute atomic E-state index is 0.0721. The predicted molar refractivity (Wildman–Crippen MR) is 293 cm³/mol. The zero-order valence-corrected chi connectivity index (χ0v) is 45.9. The Hall–Kier alpha value is -2.11. The maximum absolute atomic E-state index is 12.8. The first kappa shape index (κ1) is 65.9. The van der Waals surface area contributed by atoms with Gasteiger partial charge in [-0.3, -0.25) is 14.4 Å². The summed E-state index contributed by atoms with van der Waals surface area (Å²) in [7, 11) is 0. The summed E-state index contributed by atoms with van der Waals surface area (Å²) in [6.45, 7) is 6.63. The summed E-state index contributed by atoms with van der Waals surface area (Å²) in [6, 6.07) is 0. The highest BCUT2D eigenvalue weighted by Gasteiger charge is 2.19. The normalized spacial score (nSPS) is 12.1. The second-order valence-corrected chi connectivity index (χ2v) is 20.6. The molecule has 0 saturated heterocycles. The van der Waals surface area contributed by atoms with Gasteiger partial charge in [0.25, 0.3) is 0 Å². The number of carbonyl (C=O) groups is 3. The molecule has 0 saturated carbocycles. The maximum atomic E-state index is 12.8. The lowest BCUT2D eigenvalue weighted by molar-refractivity contribution is -0.167. The van der Waals surface area contributed by atoms with E-state index in [1.807, 2.05) is 0 Å². The van der Waals surface area contributed by atoms with Crippen LogP contribution < -0.4 is 0 Å². The Bertz CT molecular complexity index is 1100. The molecular formula is C62H116O6. The van der Waals surface area contributed by atoms with Crippen molar-refractivity contribution in [2.24, 2.45) is 0 Å². The van der Waals surface area contributed by atoms with Crippen molar-refractivity contribution in [3.8, 4) is 0 Å². The second-order valence-electron chi connectivity index (χ2n) is 20.6. The third kappa shape index (κ3) is 54.8. The monoisotopic (exact) mass is 957 g/mol. The molecule has 0 aromatic rings. The molecule has 0 heterocycles. The van der Waals surface area contributed by atoms with Crippen LogP contribution in [0.25, 0.3) is 0 Å². The lowest BCUT2D eigenvalue weighted by Gasteiger charge is -2.18. The van der Waals surface area contributed by atoms with Crippen molar-refractivity contribution in [1.29, 1.82) is 0 Å². The van der Waals surface area contributed by atoms with Gasteiger partial charge in [-0.1, -0.05) is 289 Å². The van der Waals surface area contributed by atoms with Crippen LogP contribution in [0.2, 0.25) is 0 Å². The van der Waals surface area contributed by atoms with Crippen LogP contribution in [0, 0.1) is 0 Å². The summed E-state index contributed by atoms with van der Waals surface area (Å²) in [4.78, 5) is 38.0. The smallest absolute Gasteiger partial charge is 0.306 e. The van der Waals surface area contributed by atoms with Crippen molar-refractivity contribution >= 4 is 17.9 Å². The number of ether oxygens (including phenoxy) is 3. The second kappa shape index (κ2) is 57.5. The van der Waals surface area contributed by atoms with Crippen LogP contribution in [0.3, 0.4) is 0 Å². The molecule has 0 bridgehead atoms. The molecule has 6 heteroatoms. The van der Waals surface area contributed by atoms with Gasteiger partial charge in [0.05, 0.1) is 0 Å². The van der Waals surface area contributed by atoms with Crippen LogP contribution >= 0.6 is 0 Å². The molecule has 68 heavy (non-hydrogen) atoms. The van der Waals surface area contributed by atoms with Crippen molar-refractivity contribution in [2.75, 3.05) is 13.2 Å². The molecule has 0 aliphatic rings. The van der Waals surface area contributed by atoms with Gasteiger partial charge in [-0.15, -0.1) is 0 Å². The fraction of sp³-hybridized carbons (Fsp3) is 0.887. The van der Waals surface area contributed by atoms with Gasteiger partial charge in [-0.2, -0.15) is 0 Å². The highest BCUT2D eigenvalue weighted by atomic mass is 16.6. The number of esters is 3. The maximum Gasteiger partial charge on any atom is 0.306 e. The number of carbonyl (C=O) groups excluding carboxylic acids is 3. The molecule has 6 nitrogen and oxygen atoms in total. The van der Waals surface area contributed by atoms with Crippen molar-refractivity contribution in [2.45, 2.75) is 341 Å². The molecule has 0 N–H and O–H groups in total. The first-order valence-electron chi connectivity index (χ1n) is 30.3. The third-order valence-electron chi connectivity index (χ3n) is 13.7. The summed E-state index contributed by atoms with van der Waals surface area (Å²) in [5.74, 6) is -0.871. The number of allylic oxidation sites excluding steroid dienone is 4. The molecular weight excluding hydrogens is 841 g/mol. The number of hydrogen-bond donors (Lipinski definition) is 0. The zero-order chi connectivity index (χ0) is 49.3. The quantitative estimate of drug-likeness (QED) is 0.0262. The van der Waals surface area contributed by atoms with Crippen LogP contribution in [0.15, 0.2) is 24.3 Å². The fourth-order valence-electron chi connectivity index (χ4n) is 9.12. The number of unbranched alkanes of at least 4 members (excludes halogenated alkanes) is 41. The minimum Gasteiger partial charge on any atom is -0.462 e. The summed E-state index contributed by atoms with van der Waals surface area (Å²) < 4.78 is 16.8. The molecule has 0 aromatic carbocycles. The van der Waals surface area contributed by atoms with Gasteiger partial charge in [0.2, 0.25) is 0 Å². The van der Waals surface area contributed by atoms with E-state index in [9.17, 15) is 14.4 Å². The lowest BCUT2D eigenvalue weighted by Crippen LogP contribution is -2.30.